The summed E-state index contributed by atoms with van der Waals surface area (Å²) in [6, 6.07) is 13.5. The molecule has 10 N–H and O–H groups in total. The molecule has 384 valence electrons. The fraction of sp³-hybridized carbons (Fsp3) is 0.304. The van der Waals surface area contributed by atoms with Crippen LogP contribution >= 0.6 is 0 Å². The number of nitrogen functional groups attached to an aromatic ring is 2. The molecule has 28 nitrogen and oxygen atoms in total. The molecule has 0 atom stereocenters. The number of hydroxylamine groups is 4. The van der Waals surface area contributed by atoms with Gasteiger partial charge in [-0.05, 0) is 67.8 Å². The van der Waals surface area contributed by atoms with Gasteiger partial charge in [0.15, 0.2) is 22.3 Å². The molecule has 2 aliphatic heterocycles. The highest BCUT2D eigenvalue weighted by Gasteiger charge is 2.33. The standard InChI is InChI=1S/C24H26N8O6.C22H22N8O6/c25-24-30-21-20(23(37)31-24)29-16(13-28-21)12-27-15-7-5-14(6-8-15)22(36)26-11-3-1-2-4-19(35)38-32-17(33)9-10-18(32)34;23-22-28-19-18(21(35)29-22)27-14(11-26-19)10-25-13-5-3-12(4-6-13)20(34)24-9-1-2-17(33)36-30-15(31)7-8-16(30)32/h5-8,13,27H,1-4,9-12H2,(H,26,36)(H3,25,28,30,31,37);3-6,11,25H,1-2,7-10H2,(H,24,34)(H3,23,26,28,29,35). The van der Waals surface area contributed by atoms with Crippen molar-refractivity contribution in [2.45, 2.75) is 77.3 Å². The minimum Gasteiger partial charge on any atom is -0.379 e. The second-order valence-corrected chi connectivity index (χ2v) is 16.3. The molecule has 0 bridgehead atoms. The summed E-state index contributed by atoms with van der Waals surface area (Å²) < 4.78 is 0. The first-order chi connectivity index (χ1) is 35.6. The largest absolute Gasteiger partial charge is 0.379 e. The van der Waals surface area contributed by atoms with E-state index in [1.165, 1.54) is 12.4 Å². The minimum absolute atomic E-state index is 0.0269. The van der Waals surface area contributed by atoms with E-state index in [2.05, 4.69) is 61.1 Å². The van der Waals surface area contributed by atoms with Gasteiger partial charge in [0.2, 0.25) is 11.9 Å². The van der Waals surface area contributed by atoms with Crippen molar-refractivity contribution in [2.75, 3.05) is 35.2 Å². The molecule has 4 aromatic heterocycles. The lowest BCUT2D eigenvalue weighted by Gasteiger charge is -2.12. The molecule has 74 heavy (non-hydrogen) atoms. The Kier molecular flexibility index (Phi) is 17.2. The fourth-order valence-electron chi connectivity index (χ4n) is 7.00. The smallest absolute Gasteiger partial charge is 0.333 e. The van der Waals surface area contributed by atoms with Crippen molar-refractivity contribution < 1.29 is 48.0 Å². The number of carbonyl (C=O) groups is 8. The Morgan fingerprint density at radius 3 is 1.34 bits per heavy atom. The molecule has 2 aromatic carbocycles. The summed E-state index contributed by atoms with van der Waals surface area (Å²) in [5, 5.41) is 12.8. The summed E-state index contributed by atoms with van der Waals surface area (Å²) in [5.74, 6) is -4.05. The monoisotopic (exact) mass is 1020 g/mol. The van der Waals surface area contributed by atoms with Crippen LogP contribution in [0.2, 0.25) is 0 Å². The number of fused-ring (bicyclic) bond motifs is 2. The van der Waals surface area contributed by atoms with Crippen molar-refractivity contribution in [2.24, 2.45) is 0 Å². The van der Waals surface area contributed by atoms with Gasteiger partial charge in [0, 0.05) is 74.1 Å². The molecule has 0 spiro atoms. The summed E-state index contributed by atoms with van der Waals surface area (Å²) in [6.07, 6.45) is 5.27. The van der Waals surface area contributed by atoms with E-state index < -0.39 is 46.7 Å². The number of rotatable bonds is 20. The molecule has 0 radical (unpaired) electrons. The van der Waals surface area contributed by atoms with Gasteiger partial charge in [-0.3, -0.25) is 48.3 Å². The van der Waals surface area contributed by atoms with Crippen LogP contribution in [0.1, 0.15) is 96.3 Å². The maximum Gasteiger partial charge on any atom is 0.333 e. The summed E-state index contributed by atoms with van der Waals surface area (Å²) in [6.45, 7) is 1.22. The van der Waals surface area contributed by atoms with Crippen LogP contribution in [0.25, 0.3) is 22.3 Å². The number of hydrogen-bond donors (Lipinski definition) is 8. The predicted molar refractivity (Wildman–Crippen MR) is 259 cm³/mol. The van der Waals surface area contributed by atoms with Crippen LogP contribution < -0.4 is 43.9 Å². The summed E-state index contributed by atoms with van der Waals surface area (Å²) >= 11 is 0. The van der Waals surface area contributed by atoms with Crippen LogP contribution in [0.3, 0.4) is 0 Å². The summed E-state index contributed by atoms with van der Waals surface area (Å²) in [4.78, 5) is 157. The Bertz CT molecular complexity index is 3210. The number of anilines is 4. The maximum absolute atomic E-state index is 12.4. The molecule has 6 amide bonds. The van der Waals surface area contributed by atoms with Gasteiger partial charge >= 0.3 is 11.9 Å². The van der Waals surface area contributed by atoms with Crippen molar-refractivity contribution in [3.63, 3.8) is 0 Å². The number of nitrogens with two attached hydrogens (primary N) is 2. The topological polar surface area (TPSA) is 405 Å². The van der Waals surface area contributed by atoms with Crippen LogP contribution in [0.4, 0.5) is 23.3 Å². The molecule has 0 aliphatic carbocycles. The number of aromatic nitrogens is 8. The van der Waals surface area contributed by atoms with Crippen molar-refractivity contribution in [3.05, 3.63) is 104 Å². The summed E-state index contributed by atoms with van der Waals surface area (Å²) in [7, 11) is 0. The van der Waals surface area contributed by atoms with E-state index in [1.54, 1.807) is 48.5 Å². The lowest BCUT2D eigenvalue weighted by Crippen LogP contribution is -2.32. The highest BCUT2D eigenvalue weighted by molar-refractivity contribution is 6.02. The number of H-pyrrole nitrogens is 2. The van der Waals surface area contributed by atoms with E-state index in [4.69, 9.17) is 21.1 Å². The Hall–Kier alpha value is -9.76. The SMILES string of the molecule is Nc1nc2ncc(CNc3ccc(C(=O)NCCCC(=O)ON4C(=O)CCC4=O)cc3)nc2c(=O)[nH]1.Nc1nc2ncc(CNc3ccc(C(=O)NCCCCCC(=O)ON4C(=O)CCC4=O)cc3)nc2c(=O)[nH]1. The molecule has 2 saturated heterocycles. The number of nitrogens with one attached hydrogen (secondary N) is 6. The molecule has 8 rings (SSSR count). The Labute approximate surface area is 417 Å². The highest BCUT2D eigenvalue weighted by Crippen LogP contribution is 2.17. The predicted octanol–water partition coefficient (Wildman–Crippen LogP) is 0.829. The number of nitrogens with zero attached hydrogens (tertiary/aromatic N) is 8. The van der Waals surface area contributed by atoms with E-state index in [0.29, 0.717) is 70.7 Å². The third kappa shape index (κ3) is 14.2. The van der Waals surface area contributed by atoms with Crippen molar-refractivity contribution in [1.82, 2.24) is 60.6 Å². The quantitative estimate of drug-likeness (QED) is 0.0388. The van der Waals surface area contributed by atoms with E-state index in [1.807, 2.05) is 0 Å². The molecular weight excluding hydrogens is 969 g/mol. The normalized spacial score (nSPS) is 13.1. The number of benzene rings is 2. The second-order valence-electron chi connectivity index (χ2n) is 16.3. The minimum atomic E-state index is -0.718. The van der Waals surface area contributed by atoms with E-state index in [0.717, 1.165) is 5.69 Å². The van der Waals surface area contributed by atoms with E-state index in [-0.39, 0.29) is 104 Å². The number of hydrogen-bond acceptors (Lipinski definition) is 22. The van der Waals surface area contributed by atoms with Gasteiger partial charge < -0.3 is 42.4 Å². The van der Waals surface area contributed by atoms with Gasteiger partial charge in [-0.15, -0.1) is 10.1 Å². The lowest BCUT2D eigenvalue weighted by atomic mass is 10.1. The average molecular weight is 1020 g/mol. The molecular formula is C46H48N16O12. The third-order valence-electron chi connectivity index (χ3n) is 10.8. The maximum atomic E-state index is 12.4. The van der Waals surface area contributed by atoms with Gasteiger partial charge in [-0.2, -0.15) is 9.97 Å². The Morgan fingerprint density at radius 2 is 0.919 bits per heavy atom. The van der Waals surface area contributed by atoms with Gasteiger partial charge in [0.25, 0.3) is 46.6 Å². The van der Waals surface area contributed by atoms with E-state index >= 15 is 0 Å². The number of amides is 6. The highest BCUT2D eigenvalue weighted by atomic mass is 16.7. The molecule has 2 aliphatic rings. The van der Waals surface area contributed by atoms with Crippen molar-refractivity contribution >= 4 is 93.0 Å². The summed E-state index contributed by atoms with van der Waals surface area (Å²) in [5.41, 5.74) is 14.0. The first kappa shape index (κ1) is 52.1. The van der Waals surface area contributed by atoms with Crippen LogP contribution in [0, 0.1) is 0 Å². The number of unbranched alkanes of at least 4 members (excludes halogenated alkanes) is 2. The molecule has 2 fully saturated rings. The number of imide groups is 2. The van der Waals surface area contributed by atoms with Crippen LogP contribution in [-0.2, 0) is 51.5 Å². The zero-order chi connectivity index (χ0) is 52.7. The Balaban J connectivity index is 0.000000217. The van der Waals surface area contributed by atoms with Gasteiger partial charge in [-0.25, -0.2) is 29.5 Å². The van der Waals surface area contributed by atoms with Crippen molar-refractivity contribution in [3.8, 4) is 0 Å². The van der Waals surface area contributed by atoms with Gasteiger partial charge in [0.05, 0.1) is 36.9 Å². The molecule has 6 heterocycles. The van der Waals surface area contributed by atoms with Gasteiger partial charge in [0.1, 0.15) is 0 Å². The van der Waals surface area contributed by atoms with Crippen molar-refractivity contribution in [1.29, 1.82) is 0 Å². The molecule has 6 aromatic rings. The molecule has 28 heteroatoms. The lowest BCUT2D eigenvalue weighted by molar-refractivity contribution is -0.197. The average Bonchev–Trinajstić information content (AvgIpc) is 3.88. The fourth-order valence-corrected chi connectivity index (χ4v) is 7.00. The van der Waals surface area contributed by atoms with Gasteiger partial charge in [-0.1, -0.05) is 6.42 Å². The van der Waals surface area contributed by atoms with Crippen LogP contribution in [0.15, 0.2) is 70.5 Å². The number of aromatic amines is 2. The van der Waals surface area contributed by atoms with E-state index in [9.17, 15) is 47.9 Å². The van der Waals surface area contributed by atoms with Crippen LogP contribution in [-0.4, -0.2) is 110 Å². The Morgan fingerprint density at radius 1 is 0.527 bits per heavy atom. The third-order valence-corrected chi connectivity index (χ3v) is 10.8. The van der Waals surface area contributed by atoms with Crippen LogP contribution in [0.5, 0.6) is 0 Å². The zero-order valence-corrected chi connectivity index (χ0v) is 39.3. The number of carbonyl (C=O) groups excluding carboxylic acids is 8. The first-order valence-corrected chi connectivity index (χ1v) is 23.0. The first-order valence-electron chi connectivity index (χ1n) is 23.0. The molecule has 0 unspecified atom stereocenters. The molecule has 0 saturated carbocycles. The second kappa shape index (κ2) is 24.4. The zero-order valence-electron chi connectivity index (χ0n) is 39.3.